The van der Waals surface area contributed by atoms with Crippen LogP contribution in [0.1, 0.15) is 27.2 Å². The first kappa shape index (κ1) is 25.3. The third kappa shape index (κ3) is 6.64. The Balaban J connectivity index is 1.44. The second-order valence-corrected chi connectivity index (χ2v) is 9.43. The number of halogens is 2. The molecule has 0 aliphatic carbocycles. The van der Waals surface area contributed by atoms with Gasteiger partial charge in [0.15, 0.2) is 0 Å². The van der Waals surface area contributed by atoms with Crippen LogP contribution >= 0.6 is 31.9 Å². The van der Waals surface area contributed by atoms with Crippen LogP contribution < -0.4 is 10.2 Å². The molecule has 0 atom stereocenters. The molecule has 11 heteroatoms. The van der Waals surface area contributed by atoms with Gasteiger partial charge in [0.2, 0.25) is 5.69 Å². The molecule has 36 heavy (non-hydrogen) atoms. The number of nitrogens with one attached hydrogen (secondary N) is 1. The first-order valence-corrected chi connectivity index (χ1v) is 12.2. The summed E-state index contributed by atoms with van der Waals surface area (Å²) in [5.74, 6) is -0.219. The number of para-hydroxylation sites is 1. The number of hydrazone groups is 1. The number of hydrogen-bond acceptors (Lipinski definition) is 6. The van der Waals surface area contributed by atoms with Crippen molar-refractivity contribution in [3.05, 3.63) is 120 Å². The van der Waals surface area contributed by atoms with Gasteiger partial charge >= 0.3 is 5.69 Å². The van der Waals surface area contributed by atoms with Crippen LogP contribution in [0.15, 0.2) is 93.0 Å². The molecule has 0 saturated heterocycles. The Morgan fingerprint density at radius 3 is 2.33 bits per heavy atom. The maximum Gasteiger partial charge on any atom is 0.320 e. The maximum atomic E-state index is 12.6. The predicted molar refractivity (Wildman–Crippen MR) is 142 cm³/mol. The van der Waals surface area contributed by atoms with Crippen molar-refractivity contribution in [3.63, 3.8) is 0 Å². The van der Waals surface area contributed by atoms with Crippen molar-refractivity contribution in [2.75, 3.05) is 0 Å². The van der Waals surface area contributed by atoms with Gasteiger partial charge in [0, 0.05) is 14.5 Å². The van der Waals surface area contributed by atoms with Crippen molar-refractivity contribution in [1.29, 1.82) is 0 Å². The van der Waals surface area contributed by atoms with Crippen molar-refractivity contribution in [1.82, 2.24) is 15.2 Å². The Kier molecular flexibility index (Phi) is 8.24. The topological polar surface area (TPSA) is 112 Å². The highest BCUT2D eigenvalue weighted by atomic mass is 79.9. The lowest BCUT2D eigenvalue weighted by molar-refractivity contribution is -0.385. The van der Waals surface area contributed by atoms with Gasteiger partial charge in [-0.1, -0.05) is 68.3 Å². The zero-order valence-electron chi connectivity index (χ0n) is 18.7. The van der Waals surface area contributed by atoms with Crippen LogP contribution in [0, 0.1) is 10.1 Å². The van der Waals surface area contributed by atoms with Crippen molar-refractivity contribution >= 4 is 49.7 Å². The van der Waals surface area contributed by atoms with E-state index in [0.717, 1.165) is 20.1 Å². The number of carbonyl (C=O) groups excluding carboxylic acids is 1. The van der Waals surface area contributed by atoms with E-state index in [4.69, 9.17) is 4.74 Å². The number of nitro groups is 1. The number of hydrogen-bond donors (Lipinski definition) is 1. The molecule has 1 aromatic heterocycles. The second kappa shape index (κ2) is 11.7. The lowest BCUT2D eigenvalue weighted by Crippen LogP contribution is -2.20. The van der Waals surface area contributed by atoms with E-state index >= 15 is 0 Å². The highest BCUT2D eigenvalue weighted by Crippen LogP contribution is 2.20. The van der Waals surface area contributed by atoms with Crippen LogP contribution in [-0.2, 0) is 13.2 Å². The molecule has 3 aromatic carbocycles. The number of benzene rings is 3. The summed E-state index contributed by atoms with van der Waals surface area (Å²) in [4.78, 5) is 23.5. The van der Waals surface area contributed by atoms with E-state index in [9.17, 15) is 14.9 Å². The van der Waals surface area contributed by atoms with Gasteiger partial charge in [-0.2, -0.15) is 10.2 Å². The SMILES string of the molecule is O=C(N/N=C/c1ccccc1OCc1ccc(Br)cc1)c1nn(Cc2ccc(Br)cc2)cc1[N+](=O)[O-]. The van der Waals surface area contributed by atoms with E-state index in [1.807, 2.05) is 60.7 Å². The molecule has 1 N–H and O–H groups in total. The fraction of sp³-hybridized carbons (Fsp3) is 0.0800. The molecule has 0 bridgehead atoms. The van der Waals surface area contributed by atoms with E-state index < -0.39 is 16.5 Å². The average Bonchev–Trinajstić information content (AvgIpc) is 3.30. The fourth-order valence-corrected chi connectivity index (χ4v) is 3.77. The van der Waals surface area contributed by atoms with Crippen LogP contribution in [0.25, 0.3) is 0 Å². The van der Waals surface area contributed by atoms with Crippen LogP contribution in [0.3, 0.4) is 0 Å². The lowest BCUT2D eigenvalue weighted by atomic mass is 10.2. The third-order valence-electron chi connectivity index (χ3n) is 5.01. The molecule has 0 unspecified atom stereocenters. The third-order valence-corrected chi connectivity index (χ3v) is 6.07. The molecule has 0 saturated carbocycles. The van der Waals surface area contributed by atoms with Crippen molar-refractivity contribution in [2.45, 2.75) is 13.2 Å². The summed E-state index contributed by atoms with van der Waals surface area (Å²) in [7, 11) is 0. The van der Waals surface area contributed by atoms with Crippen LogP contribution in [0.4, 0.5) is 5.69 Å². The molecule has 1 amide bonds. The lowest BCUT2D eigenvalue weighted by Gasteiger charge is -2.09. The smallest absolute Gasteiger partial charge is 0.320 e. The molecule has 1 heterocycles. The van der Waals surface area contributed by atoms with Crippen molar-refractivity contribution < 1.29 is 14.5 Å². The van der Waals surface area contributed by atoms with Crippen LogP contribution in [-0.4, -0.2) is 26.8 Å². The Labute approximate surface area is 223 Å². The fourth-order valence-electron chi connectivity index (χ4n) is 3.24. The molecule has 4 rings (SSSR count). The summed E-state index contributed by atoms with van der Waals surface area (Å²) < 4.78 is 9.14. The summed E-state index contributed by atoms with van der Waals surface area (Å²) >= 11 is 6.77. The number of aromatic nitrogens is 2. The zero-order valence-corrected chi connectivity index (χ0v) is 21.8. The summed E-state index contributed by atoms with van der Waals surface area (Å²) in [5, 5.41) is 19.6. The number of rotatable bonds is 9. The predicted octanol–water partition coefficient (Wildman–Crippen LogP) is 5.71. The minimum absolute atomic E-state index is 0.272. The summed E-state index contributed by atoms with van der Waals surface area (Å²) in [5.41, 5.74) is 4.08. The van der Waals surface area contributed by atoms with Gasteiger partial charge in [-0.3, -0.25) is 19.6 Å². The summed E-state index contributed by atoms with van der Waals surface area (Å²) in [6.45, 7) is 0.625. The Bertz CT molecular complexity index is 1400. The van der Waals surface area contributed by atoms with Gasteiger partial charge in [-0.15, -0.1) is 0 Å². The Morgan fingerprint density at radius 1 is 1.03 bits per heavy atom. The number of nitrogens with zero attached hydrogens (tertiary/aromatic N) is 4. The second-order valence-electron chi connectivity index (χ2n) is 7.60. The van der Waals surface area contributed by atoms with E-state index in [2.05, 4.69) is 47.5 Å². The van der Waals surface area contributed by atoms with Gasteiger partial charge in [-0.05, 0) is 47.5 Å². The maximum absolute atomic E-state index is 12.6. The highest BCUT2D eigenvalue weighted by Gasteiger charge is 2.25. The molecule has 4 aromatic rings. The molecule has 0 spiro atoms. The quantitative estimate of drug-likeness (QED) is 0.148. The molecule has 0 fully saturated rings. The van der Waals surface area contributed by atoms with E-state index in [-0.39, 0.29) is 12.2 Å². The average molecular weight is 613 g/mol. The first-order valence-electron chi connectivity index (χ1n) is 10.6. The Morgan fingerprint density at radius 2 is 1.67 bits per heavy atom. The monoisotopic (exact) mass is 611 g/mol. The molecule has 9 nitrogen and oxygen atoms in total. The molecule has 0 aliphatic rings. The minimum Gasteiger partial charge on any atom is -0.488 e. The number of carbonyl (C=O) groups is 1. The van der Waals surface area contributed by atoms with Crippen LogP contribution in [0.5, 0.6) is 5.75 Å². The molecular weight excluding hydrogens is 594 g/mol. The first-order chi connectivity index (χ1) is 17.4. The van der Waals surface area contributed by atoms with Crippen LogP contribution in [0.2, 0.25) is 0 Å². The molecular formula is C25H19Br2N5O4. The van der Waals surface area contributed by atoms with Gasteiger partial charge in [0.1, 0.15) is 18.6 Å². The standard InChI is InChI=1S/C25H19Br2N5O4/c26-20-9-5-17(6-10-20)14-31-15-22(32(34)35)24(30-31)25(33)29-28-13-19-3-1-2-4-23(19)36-16-18-7-11-21(27)12-8-18/h1-13,15H,14,16H2,(H,29,33)/b28-13+. The van der Waals surface area contributed by atoms with Gasteiger partial charge in [0.05, 0.1) is 17.7 Å². The molecule has 0 aliphatic heterocycles. The summed E-state index contributed by atoms with van der Waals surface area (Å²) in [6.07, 6.45) is 2.64. The molecule has 0 radical (unpaired) electrons. The van der Waals surface area contributed by atoms with E-state index in [1.165, 1.54) is 17.1 Å². The largest absolute Gasteiger partial charge is 0.488 e. The van der Waals surface area contributed by atoms with E-state index in [1.54, 1.807) is 12.1 Å². The Hall–Kier alpha value is -3.83. The normalized spacial score (nSPS) is 10.9. The minimum atomic E-state index is -0.791. The zero-order chi connectivity index (χ0) is 25.5. The summed E-state index contributed by atoms with van der Waals surface area (Å²) in [6, 6.07) is 22.4. The van der Waals surface area contributed by atoms with Gasteiger partial charge < -0.3 is 4.74 Å². The van der Waals surface area contributed by atoms with Gasteiger partial charge in [-0.25, -0.2) is 5.43 Å². The van der Waals surface area contributed by atoms with Crippen molar-refractivity contribution in [3.8, 4) is 5.75 Å². The van der Waals surface area contributed by atoms with Gasteiger partial charge in [0.25, 0.3) is 5.91 Å². The highest BCUT2D eigenvalue weighted by molar-refractivity contribution is 9.10. The molecule has 182 valence electrons. The van der Waals surface area contributed by atoms with Crippen molar-refractivity contribution in [2.24, 2.45) is 5.10 Å². The number of amides is 1. The number of ether oxygens (including phenoxy) is 1. The van der Waals surface area contributed by atoms with E-state index in [0.29, 0.717) is 17.9 Å².